The summed E-state index contributed by atoms with van der Waals surface area (Å²) in [5.41, 5.74) is 0. The molecule has 1 unspecified atom stereocenters. The van der Waals surface area contributed by atoms with Crippen LogP contribution < -0.4 is 5.32 Å². The van der Waals surface area contributed by atoms with Gasteiger partial charge in [0.15, 0.2) is 5.76 Å². The third kappa shape index (κ3) is 4.56. The third-order valence-electron chi connectivity index (χ3n) is 3.67. The molecule has 1 aliphatic rings. The van der Waals surface area contributed by atoms with E-state index in [0.717, 1.165) is 32.0 Å². The van der Waals surface area contributed by atoms with E-state index in [1.807, 2.05) is 0 Å². The average Bonchev–Trinajstić information content (AvgIpc) is 2.93. The Hall–Kier alpha value is -1.89. The molecule has 1 amide bonds. The van der Waals surface area contributed by atoms with E-state index < -0.39 is 16.7 Å². The molecule has 1 aliphatic heterocycles. The van der Waals surface area contributed by atoms with E-state index in [9.17, 15) is 14.9 Å². The molecular weight excluding hydrogens is 274 g/mol. The smallest absolute Gasteiger partial charge is 0.395 e. The van der Waals surface area contributed by atoms with Crippen LogP contribution in [0.1, 0.15) is 36.7 Å². The second-order valence-corrected chi connectivity index (χ2v) is 5.55. The maximum atomic E-state index is 11.7. The van der Waals surface area contributed by atoms with Crippen LogP contribution in [-0.4, -0.2) is 41.9 Å². The van der Waals surface area contributed by atoms with Crippen molar-refractivity contribution in [2.24, 2.45) is 5.92 Å². The van der Waals surface area contributed by atoms with E-state index in [-0.39, 0.29) is 5.76 Å². The predicted octanol–water partition coefficient (Wildman–Crippen LogP) is 2.04. The number of hydrogen-bond acceptors (Lipinski definition) is 5. The number of amides is 1. The topological polar surface area (TPSA) is 88.6 Å². The fraction of sp³-hybridized carbons (Fsp3) is 0.643. The normalized spacial score (nSPS) is 19.4. The third-order valence-corrected chi connectivity index (χ3v) is 3.67. The number of hydrogen-bond donors (Lipinski definition) is 1. The van der Waals surface area contributed by atoms with Gasteiger partial charge in [-0.05, 0) is 44.3 Å². The second-order valence-electron chi connectivity index (χ2n) is 5.55. The van der Waals surface area contributed by atoms with Crippen LogP contribution in [0.2, 0.25) is 0 Å². The first-order chi connectivity index (χ1) is 10.1. The van der Waals surface area contributed by atoms with Crippen molar-refractivity contribution >= 4 is 11.8 Å². The molecule has 0 aliphatic carbocycles. The summed E-state index contributed by atoms with van der Waals surface area (Å²) in [7, 11) is 0. The van der Waals surface area contributed by atoms with E-state index in [4.69, 9.17) is 4.42 Å². The number of carbonyl (C=O) groups is 1. The fourth-order valence-electron chi connectivity index (χ4n) is 2.63. The van der Waals surface area contributed by atoms with Crippen LogP contribution in [-0.2, 0) is 0 Å². The van der Waals surface area contributed by atoms with Crippen LogP contribution in [0.5, 0.6) is 0 Å². The molecule has 0 spiro atoms. The molecule has 116 valence electrons. The van der Waals surface area contributed by atoms with Crippen molar-refractivity contribution in [3.8, 4) is 0 Å². The first-order valence-corrected chi connectivity index (χ1v) is 7.31. The predicted molar refractivity (Wildman–Crippen MR) is 77.2 cm³/mol. The van der Waals surface area contributed by atoms with E-state index in [2.05, 4.69) is 17.1 Å². The number of rotatable bonds is 6. The van der Waals surface area contributed by atoms with Gasteiger partial charge in [0.1, 0.15) is 4.92 Å². The van der Waals surface area contributed by atoms with Crippen LogP contribution >= 0.6 is 0 Å². The lowest BCUT2D eigenvalue weighted by Gasteiger charge is -2.30. The van der Waals surface area contributed by atoms with Gasteiger partial charge in [0.25, 0.3) is 5.91 Å². The molecule has 0 radical (unpaired) electrons. The van der Waals surface area contributed by atoms with Gasteiger partial charge in [0.05, 0.1) is 6.07 Å². The highest BCUT2D eigenvalue weighted by molar-refractivity contribution is 5.91. The summed E-state index contributed by atoms with van der Waals surface area (Å²) in [6, 6.07) is 2.50. The summed E-state index contributed by atoms with van der Waals surface area (Å²) in [4.78, 5) is 24.0. The summed E-state index contributed by atoms with van der Waals surface area (Å²) in [6.45, 7) is 6.01. The van der Waals surface area contributed by atoms with Crippen LogP contribution in [0.25, 0.3) is 0 Å². The monoisotopic (exact) mass is 295 g/mol. The summed E-state index contributed by atoms with van der Waals surface area (Å²) in [5, 5.41) is 13.2. The molecule has 7 nitrogen and oxygen atoms in total. The Bertz CT molecular complexity index is 500. The number of carbonyl (C=O) groups excluding carboxylic acids is 1. The van der Waals surface area contributed by atoms with Gasteiger partial charge in [-0.1, -0.05) is 6.92 Å². The highest BCUT2D eigenvalue weighted by atomic mass is 16.6. The van der Waals surface area contributed by atoms with E-state index in [1.54, 1.807) is 0 Å². The number of furan rings is 1. The molecule has 1 saturated heterocycles. The summed E-state index contributed by atoms with van der Waals surface area (Å²) < 4.78 is 4.85. The Morgan fingerprint density at radius 2 is 2.38 bits per heavy atom. The van der Waals surface area contributed by atoms with Gasteiger partial charge in [-0.25, -0.2) is 0 Å². The van der Waals surface area contributed by atoms with Crippen molar-refractivity contribution in [2.45, 2.75) is 26.2 Å². The van der Waals surface area contributed by atoms with Crippen molar-refractivity contribution in [3.63, 3.8) is 0 Å². The maximum absolute atomic E-state index is 11.7. The lowest BCUT2D eigenvalue weighted by molar-refractivity contribution is -0.402. The molecule has 1 atom stereocenters. The Kier molecular flexibility index (Phi) is 5.32. The maximum Gasteiger partial charge on any atom is 0.433 e. The van der Waals surface area contributed by atoms with Gasteiger partial charge < -0.3 is 14.6 Å². The quantitative estimate of drug-likeness (QED) is 0.493. The molecule has 1 fully saturated rings. The van der Waals surface area contributed by atoms with Crippen LogP contribution in [0.15, 0.2) is 16.5 Å². The van der Waals surface area contributed by atoms with E-state index >= 15 is 0 Å². The Balaban J connectivity index is 1.68. The van der Waals surface area contributed by atoms with Crippen LogP contribution in [0, 0.1) is 16.0 Å². The summed E-state index contributed by atoms with van der Waals surface area (Å²) >= 11 is 0. The number of likely N-dealkylation sites (tertiary alicyclic amines) is 1. The molecule has 21 heavy (non-hydrogen) atoms. The van der Waals surface area contributed by atoms with Crippen molar-refractivity contribution in [2.75, 3.05) is 26.2 Å². The minimum Gasteiger partial charge on any atom is -0.395 e. The van der Waals surface area contributed by atoms with E-state index in [0.29, 0.717) is 6.54 Å². The number of nitrogens with zero attached hydrogens (tertiary/aromatic N) is 2. The first kappa shape index (κ1) is 15.5. The zero-order chi connectivity index (χ0) is 15.2. The highest BCUT2D eigenvalue weighted by Crippen LogP contribution is 2.16. The number of nitro groups is 1. The van der Waals surface area contributed by atoms with Gasteiger partial charge in [-0.2, -0.15) is 0 Å². The number of piperidine rings is 1. The molecule has 0 bridgehead atoms. The van der Waals surface area contributed by atoms with Crippen molar-refractivity contribution in [3.05, 3.63) is 28.0 Å². The molecule has 2 rings (SSSR count). The molecule has 0 saturated carbocycles. The average molecular weight is 295 g/mol. The largest absolute Gasteiger partial charge is 0.433 e. The molecule has 7 heteroatoms. The Morgan fingerprint density at radius 1 is 1.57 bits per heavy atom. The molecule has 1 aromatic heterocycles. The van der Waals surface area contributed by atoms with Crippen molar-refractivity contribution in [1.82, 2.24) is 10.2 Å². The Labute approximate surface area is 123 Å². The second kappa shape index (κ2) is 7.21. The summed E-state index contributed by atoms with van der Waals surface area (Å²) in [6.07, 6.45) is 3.40. The lowest BCUT2D eigenvalue weighted by Crippen LogP contribution is -2.36. The van der Waals surface area contributed by atoms with Crippen LogP contribution in [0.4, 0.5) is 5.88 Å². The van der Waals surface area contributed by atoms with E-state index in [1.165, 1.54) is 25.0 Å². The van der Waals surface area contributed by atoms with Crippen LogP contribution in [0.3, 0.4) is 0 Å². The number of nitrogens with one attached hydrogen (secondary N) is 1. The van der Waals surface area contributed by atoms with Gasteiger partial charge in [-0.3, -0.25) is 14.9 Å². The summed E-state index contributed by atoms with van der Waals surface area (Å²) in [5.74, 6) is -0.0946. The molecule has 1 aromatic rings. The lowest BCUT2D eigenvalue weighted by atomic mass is 10.0. The molecule has 0 aromatic carbocycles. The van der Waals surface area contributed by atoms with Crippen molar-refractivity contribution < 1.29 is 14.1 Å². The highest BCUT2D eigenvalue weighted by Gasteiger charge is 2.18. The van der Waals surface area contributed by atoms with Gasteiger partial charge in [0.2, 0.25) is 0 Å². The SMILES string of the molecule is CC1CCCN(CCCNC(=O)c2ccc([N+](=O)[O-])o2)C1. The minimum absolute atomic E-state index is 0.0201. The molecular formula is C14H21N3O4. The molecule has 2 heterocycles. The van der Waals surface area contributed by atoms with Crippen molar-refractivity contribution in [1.29, 1.82) is 0 Å². The zero-order valence-electron chi connectivity index (χ0n) is 12.2. The standard InChI is InChI=1S/C14H21N3O4/c1-11-4-2-8-16(10-11)9-3-7-15-14(18)12-5-6-13(21-12)17(19)20/h5-6,11H,2-4,7-10H2,1H3,(H,15,18). The van der Waals surface area contributed by atoms with Gasteiger partial charge in [0, 0.05) is 13.1 Å². The molecule has 1 N–H and O–H groups in total. The minimum atomic E-state index is -0.658. The fourth-order valence-corrected chi connectivity index (χ4v) is 2.63. The zero-order valence-corrected chi connectivity index (χ0v) is 12.2. The van der Waals surface area contributed by atoms with Gasteiger partial charge >= 0.3 is 5.88 Å². The van der Waals surface area contributed by atoms with Gasteiger partial charge in [-0.15, -0.1) is 0 Å². The Morgan fingerprint density at radius 3 is 3.05 bits per heavy atom. The first-order valence-electron chi connectivity index (χ1n) is 7.31.